The molecule has 1 aliphatic rings. The fourth-order valence-electron chi connectivity index (χ4n) is 1.05. The molecule has 0 saturated carbocycles. The Morgan fingerprint density at radius 1 is 1.56 bits per heavy atom. The van der Waals surface area contributed by atoms with E-state index in [0.29, 0.717) is 0 Å². The maximum absolute atomic E-state index is 8.79. The van der Waals surface area contributed by atoms with Crippen molar-refractivity contribution >= 4 is 0 Å². The van der Waals surface area contributed by atoms with Gasteiger partial charge in [-0.2, -0.15) is 0 Å². The van der Waals surface area contributed by atoms with Gasteiger partial charge in [0.05, 0.1) is 6.61 Å². The van der Waals surface area contributed by atoms with Crippen molar-refractivity contribution in [3.8, 4) is 0 Å². The third-order valence-corrected chi connectivity index (χ3v) is 1.81. The minimum Gasteiger partial charge on any atom is -0.394 e. The lowest BCUT2D eigenvalue weighted by Gasteiger charge is -2.27. The predicted octanol–water partition coefficient (Wildman–Crippen LogP) is 0.416. The topological polar surface area (TPSA) is 46.2 Å². The summed E-state index contributed by atoms with van der Waals surface area (Å²) in [6.45, 7) is 0.108. The molecule has 0 aromatic rings. The molecular weight excluding hydrogens is 114 g/mol. The fraction of sp³-hybridized carbons (Fsp3) is 0.714. The summed E-state index contributed by atoms with van der Waals surface area (Å²) in [5.41, 5.74) is 5.45. The van der Waals surface area contributed by atoms with E-state index in [1.54, 1.807) is 0 Å². The number of hydrogen-bond acceptors (Lipinski definition) is 2. The van der Waals surface area contributed by atoms with Gasteiger partial charge in [-0.05, 0) is 19.3 Å². The van der Waals surface area contributed by atoms with Crippen LogP contribution in [0, 0.1) is 0 Å². The summed E-state index contributed by atoms with van der Waals surface area (Å²) >= 11 is 0. The van der Waals surface area contributed by atoms with Crippen molar-refractivity contribution in [2.24, 2.45) is 5.73 Å². The van der Waals surface area contributed by atoms with E-state index in [9.17, 15) is 0 Å². The van der Waals surface area contributed by atoms with Gasteiger partial charge in [0.25, 0.3) is 0 Å². The highest BCUT2D eigenvalue weighted by molar-refractivity contribution is 5.00. The molecule has 0 saturated heterocycles. The lowest BCUT2D eigenvalue weighted by molar-refractivity contribution is 0.185. The number of hydrogen-bond donors (Lipinski definition) is 2. The van der Waals surface area contributed by atoms with E-state index in [1.165, 1.54) is 0 Å². The Morgan fingerprint density at radius 2 is 2.33 bits per heavy atom. The van der Waals surface area contributed by atoms with Gasteiger partial charge in [-0.15, -0.1) is 0 Å². The molecule has 0 bridgehead atoms. The highest BCUT2D eigenvalue weighted by Crippen LogP contribution is 2.19. The van der Waals surface area contributed by atoms with Crippen LogP contribution in [0.1, 0.15) is 19.3 Å². The summed E-state index contributed by atoms with van der Waals surface area (Å²) < 4.78 is 0. The van der Waals surface area contributed by atoms with E-state index in [2.05, 4.69) is 6.08 Å². The number of allylic oxidation sites excluding steroid dienone is 1. The standard InChI is InChI=1S/C7H13NO/c8-7(6-9)4-2-1-3-5-7/h1-2,9H,3-6,8H2. The van der Waals surface area contributed by atoms with Gasteiger partial charge in [0.1, 0.15) is 0 Å². The molecule has 0 aliphatic heterocycles. The molecule has 0 aromatic carbocycles. The smallest absolute Gasteiger partial charge is 0.0614 e. The van der Waals surface area contributed by atoms with Crippen LogP contribution in [0.5, 0.6) is 0 Å². The molecule has 9 heavy (non-hydrogen) atoms. The van der Waals surface area contributed by atoms with E-state index in [4.69, 9.17) is 10.8 Å². The third kappa shape index (κ3) is 1.53. The van der Waals surface area contributed by atoms with Gasteiger partial charge >= 0.3 is 0 Å². The zero-order chi connectivity index (χ0) is 6.74. The van der Waals surface area contributed by atoms with Gasteiger partial charge in [-0.3, -0.25) is 0 Å². The van der Waals surface area contributed by atoms with Crippen molar-refractivity contribution in [3.63, 3.8) is 0 Å². The van der Waals surface area contributed by atoms with Gasteiger partial charge in [0, 0.05) is 5.54 Å². The molecule has 0 amide bonds. The minimum atomic E-state index is -0.311. The number of aliphatic hydroxyl groups excluding tert-OH is 1. The van der Waals surface area contributed by atoms with E-state index >= 15 is 0 Å². The molecular formula is C7H13NO. The molecule has 0 spiro atoms. The van der Waals surface area contributed by atoms with Crippen molar-refractivity contribution < 1.29 is 5.11 Å². The van der Waals surface area contributed by atoms with Crippen LogP contribution in [0.25, 0.3) is 0 Å². The van der Waals surface area contributed by atoms with Crippen LogP contribution in [0.2, 0.25) is 0 Å². The molecule has 52 valence electrons. The molecule has 1 rings (SSSR count). The van der Waals surface area contributed by atoms with Crippen molar-refractivity contribution in [1.82, 2.24) is 0 Å². The molecule has 0 radical (unpaired) electrons. The van der Waals surface area contributed by atoms with E-state index in [1.807, 2.05) is 6.08 Å². The largest absolute Gasteiger partial charge is 0.394 e. The average molecular weight is 127 g/mol. The van der Waals surface area contributed by atoms with Crippen LogP contribution in [-0.2, 0) is 0 Å². The van der Waals surface area contributed by atoms with Crippen LogP contribution in [0.15, 0.2) is 12.2 Å². The zero-order valence-electron chi connectivity index (χ0n) is 5.51. The molecule has 1 unspecified atom stereocenters. The summed E-state index contributed by atoms with van der Waals surface area (Å²) in [5, 5.41) is 8.79. The summed E-state index contributed by atoms with van der Waals surface area (Å²) in [6, 6.07) is 0. The second kappa shape index (κ2) is 2.50. The van der Waals surface area contributed by atoms with Crippen molar-refractivity contribution in [2.45, 2.75) is 24.8 Å². The number of nitrogens with two attached hydrogens (primary N) is 1. The summed E-state index contributed by atoms with van der Waals surface area (Å²) in [5.74, 6) is 0. The second-order valence-corrected chi connectivity index (χ2v) is 2.73. The van der Waals surface area contributed by atoms with Gasteiger partial charge in [-0.25, -0.2) is 0 Å². The van der Waals surface area contributed by atoms with Gasteiger partial charge < -0.3 is 10.8 Å². The zero-order valence-corrected chi connectivity index (χ0v) is 5.51. The van der Waals surface area contributed by atoms with Crippen LogP contribution in [0.3, 0.4) is 0 Å². The fourth-order valence-corrected chi connectivity index (χ4v) is 1.05. The van der Waals surface area contributed by atoms with Crippen molar-refractivity contribution in [2.75, 3.05) is 6.61 Å². The summed E-state index contributed by atoms with van der Waals surface area (Å²) in [4.78, 5) is 0. The first-order valence-electron chi connectivity index (χ1n) is 3.32. The first-order valence-corrected chi connectivity index (χ1v) is 3.32. The summed E-state index contributed by atoms with van der Waals surface area (Å²) in [7, 11) is 0. The maximum atomic E-state index is 8.79. The Balaban J connectivity index is 2.50. The van der Waals surface area contributed by atoms with Crippen LogP contribution < -0.4 is 5.73 Å². The van der Waals surface area contributed by atoms with E-state index in [0.717, 1.165) is 19.3 Å². The monoisotopic (exact) mass is 127 g/mol. The normalized spacial score (nSPS) is 34.9. The predicted molar refractivity (Wildman–Crippen MR) is 37.0 cm³/mol. The minimum absolute atomic E-state index is 0.108. The Kier molecular flexibility index (Phi) is 1.88. The van der Waals surface area contributed by atoms with Crippen LogP contribution in [-0.4, -0.2) is 17.3 Å². The first-order chi connectivity index (χ1) is 4.27. The van der Waals surface area contributed by atoms with Crippen LogP contribution in [0.4, 0.5) is 0 Å². The Hall–Kier alpha value is -0.340. The molecule has 0 fully saturated rings. The Bertz CT molecular complexity index is 122. The van der Waals surface area contributed by atoms with Crippen molar-refractivity contribution in [3.05, 3.63) is 12.2 Å². The van der Waals surface area contributed by atoms with Gasteiger partial charge in [0.15, 0.2) is 0 Å². The number of rotatable bonds is 1. The van der Waals surface area contributed by atoms with Crippen LogP contribution >= 0.6 is 0 Å². The quantitative estimate of drug-likeness (QED) is 0.501. The molecule has 3 N–H and O–H groups in total. The molecule has 0 heterocycles. The SMILES string of the molecule is NC1(CO)CC=CCC1. The van der Waals surface area contributed by atoms with Gasteiger partial charge in [-0.1, -0.05) is 12.2 Å². The Labute approximate surface area is 55.4 Å². The summed E-state index contributed by atoms with van der Waals surface area (Å²) in [6.07, 6.45) is 6.90. The number of aliphatic hydroxyl groups is 1. The average Bonchev–Trinajstić information content (AvgIpc) is 1.90. The van der Waals surface area contributed by atoms with E-state index in [-0.39, 0.29) is 12.1 Å². The molecule has 2 nitrogen and oxygen atoms in total. The molecule has 1 atom stereocenters. The highest BCUT2D eigenvalue weighted by Gasteiger charge is 2.23. The first kappa shape index (κ1) is 6.78. The lowest BCUT2D eigenvalue weighted by atomic mass is 9.88. The lowest BCUT2D eigenvalue weighted by Crippen LogP contribution is -2.43. The van der Waals surface area contributed by atoms with Crippen molar-refractivity contribution in [1.29, 1.82) is 0 Å². The molecule has 1 aliphatic carbocycles. The maximum Gasteiger partial charge on any atom is 0.0614 e. The van der Waals surface area contributed by atoms with Gasteiger partial charge in [0.2, 0.25) is 0 Å². The van der Waals surface area contributed by atoms with E-state index < -0.39 is 0 Å². The second-order valence-electron chi connectivity index (χ2n) is 2.73. The molecule has 2 heteroatoms. The molecule has 0 aromatic heterocycles. The highest BCUT2D eigenvalue weighted by atomic mass is 16.3. The third-order valence-electron chi connectivity index (χ3n) is 1.81. The Morgan fingerprint density at radius 3 is 2.67 bits per heavy atom.